The van der Waals surface area contributed by atoms with Crippen molar-refractivity contribution in [1.29, 1.82) is 0 Å². The fourth-order valence-electron chi connectivity index (χ4n) is 1.05. The number of nitrogens with zero attached hydrogens (tertiary/aromatic N) is 2. The van der Waals surface area contributed by atoms with Gasteiger partial charge in [-0.25, -0.2) is 9.97 Å². The standard InChI is InChI=1S/C10H17N3S/c1-7-8(2)12-10(13-9(7)3)14-6-5-11-4/h11H,5-6H2,1-4H3. The minimum atomic E-state index is 0.890. The van der Waals surface area contributed by atoms with Crippen LogP contribution in [0, 0.1) is 20.8 Å². The zero-order valence-corrected chi connectivity index (χ0v) is 10.0. The normalized spacial score (nSPS) is 10.6. The SMILES string of the molecule is CNCCSc1nc(C)c(C)c(C)n1. The lowest BCUT2D eigenvalue weighted by molar-refractivity contribution is 0.855. The van der Waals surface area contributed by atoms with Gasteiger partial charge in [-0.15, -0.1) is 0 Å². The van der Waals surface area contributed by atoms with Crippen LogP contribution in [0.2, 0.25) is 0 Å². The van der Waals surface area contributed by atoms with Gasteiger partial charge in [-0.2, -0.15) is 0 Å². The quantitative estimate of drug-likeness (QED) is 0.467. The lowest BCUT2D eigenvalue weighted by Gasteiger charge is -2.06. The molecule has 0 radical (unpaired) electrons. The smallest absolute Gasteiger partial charge is 0.188 e. The highest BCUT2D eigenvalue weighted by Crippen LogP contribution is 2.16. The van der Waals surface area contributed by atoms with Gasteiger partial charge in [0.2, 0.25) is 0 Å². The summed E-state index contributed by atoms with van der Waals surface area (Å²) in [6.07, 6.45) is 0. The molecule has 1 heterocycles. The summed E-state index contributed by atoms with van der Waals surface area (Å²) in [6.45, 7) is 7.12. The third-order valence-electron chi connectivity index (χ3n) is 2.20. The first-order valence-corrected chi connectivity index (χ1v) is 5.73. The van der Waals surface area contributed by atoms with E-state index in [1.54, 1.807) is 11.8 Å². The molecule has 0 aromatic carbocycles. The Kier molecular flexibility index (Phi) is 4.35. The van der Waals surface area contributed by atoms with Gasteiger partial charge in [0.05, 0.1) is 0 Å². The number of aryl methyl sites for hydroxylation is 2. The first kappa shape index (κ1) is 11.5. The molecule has 0 aliphatic rings. The molecule has 0 aliphatic carbocycles. The van der Waals surface area contributed by atoms with E-state index in [1.807, 2.05) is 20.9 Å². The summed E-state index contributed by atoms with van der Waals surface area (Å²) in [5, 5.41) is 3.99. The van der Waals surface area contributed by atoms with Crippen molar-refractivity contribution in [3.63, 3.8) is 0 Å². The number of aromatic nitrogens is 2. The van der Waals surface area contributed by atoms with Gasteiger partial charge in [-0.1, -0.05) is 11.8 Å². The van der Waals surface area contributed by atoms with Crippen LogP contribution in [0.5, 0.6) is 0 Å². The third kappa shape index (κ3) is 2.96. The molecule has 0 amide bonds. The summed E-state index contributed by atoms with van der Waals surface area (Å²) >= 11 is 1.70. The fraction of sp³-hybridized carbons (Fsp3) is 0.600. The van der Waals surface area contributed by atoms with Crippen molar-refractivity contribution in [3.05, 3.63) is 17.0 Å². The van der Waals surface area contributed by atoms with Crippen LogP contribution in [0.4, 0.5) is 0 Å². The van der Waals surface area contributed by atoms with E-state index in [4.69, 9.17) is 0 Å². The zero-order valence-electron chi connectivity index (χ0n) is 9.22. The maximum Gasteiger partial charge on any atom is 0.188 e. The van der Waals surface area contributed by atoms with Crippen LogP contribution < -0.4 is 5.32 Å². The Bertz CT molecular complexity index is 289. The van der Waals surface area contributed by atoms with E-state index in [0.29, 0.717) is 0 Å². The predicted octanol–water partition coefficient (Wildman–Crippen LogP) is 1.71. The Morgan fingerprint density at radius 3 is 2.21 bits per heavy atom. The molecule has 0 spiro atoms. The monoisotopic (exact) mass is 211 g/mol. The van der Waals surface area contributed by atoms with Gasteiger partial charge >= 0.3 is 0 Å². The Morgan fingerprint density at radius 1 is 1.14 bits per heavy atom. The van der Waals surface area contributed by atoms with Gasteiger partial charge < -0.3 is 5.32 Å². The number of thioether (sulfide) groups is 1. The molecular weight excluding hydrogens is 194 g/mol. The van der Waals surface area contributed by atoms with Crippen LogP contribution in [-0.2, 0) is 0 Å². The summed E-state index contributed by atoms with van der Waals surface area (Å²) in [6, 6.07) is 0. The van der Waals surface area contributed by atoms with Gasteiger partial charge in [0, 0.05) is 23.7 Å². The summed E-state index contributed by atoms with van der Waals surface area (Å²) in [5.74, 6) is 1.01. The van der Waals surface area contributed by atoms with E-state index >= 15 is 0 Å². The van der Waals surface area contributed by atoms with E-state index < -0.39 is 0 Å². The van der Waals surface area contributed by atoms with E-state index in [9.17, 15) is 0 Å². The van der Waals surface area contributed by atoms with Crippen molar-refractivity contribution < 1.29 is 0 Å². The molecule has 1 aromatic rings. The molecule has 0 fully saturated rings. The Labute approximate surface area is 89.7 Å². The first-order chi connectivity index (χ1) is 6.65. The second kappa shape index (κ2) is 5.32. The van der Waals surface area contributed by atoms with E-state index in [2.05, 4.69) is 22.2 Å². The minimum absolute atomic E-state index is 0.890. The molecule has 0 unspecified atom stereocenters. The van der Waals surface area contributed by atoms with Crippen molar-refractivity contribution in [2.24, 2.45) is 0 Å². The number of rotatable bonds is 4. The van der Waals surface area contributed by atoms with Crippen molar-refractivity contribution in [2.75, 3.05) is 19.3 Å². The van der Waals surface area contributed by atoms with Crippen molar-refractivity contribution in [2.45, 2.75) is 25.9 Å². The van der Waals surface area contributed by atoms with Crippen LogP contribution >= 0.6 is 11.8 Å². The Hall–Kier alpha value is -0.610. The average Bonchev–Trinajstić information content (AvgIpc) is 2.14. The number of hydrogen-bond acceptors (Lipinski definition) is 4. The second-order valence-electron chi connectivity index (χ2n) is 3.25. The van der Waals surface area contributed by atoms with Crippen LogP contribution in [0.25, 0.3) is 0 Å². The molecule has 0 saturated heterocycles. The topological polar surface area (TPSA) is 37.8 Å². The molecule has 0 saturated carbocycles. The summed E-state index contributed by atoms with van der Waals surface area (Å²) in [4.78, 5) is 8.86. The second-order valence-corrected chi connectivity index (χ2v) is 4.32. The molecule has 78 valence electrons. The average molecular weight is 211 g/mol. The lowest BCUT2D eigenvalue weighted by atomic mass is 10.2. The fourth-order valence-corrected chi connectivity index (χ4v) is 1.94. The highest BCUT2D eigenvalue weighted by Gasteiger charge is 2.04. The Balaban J connectivity index is 2.69. The van der Waals surface area contributed by atoms with Crippen molar-refractivity contribution >= 4 is 11.8 Å². The van der Waals surface area contributed by atoms with Crippen LogP contribution in [0.1, 0.15) is 17.0 Å². The van der Waals surface area contributed by atoms with E-state index in [-0.39, 0.29) is 0 Å². The molecule has 1 aromatic heterocycles. The predicted molar refractivity (Wildman–Crippen MR) is 60.9 cm³/mol. The molecule has 3 nitrogen and oxygen atoms in total. The maximum absolute atomic E-state index is 4.43. The van der Waals surface area contributed by atoms with E-state index in [0.717, 1.165) is 28.8 Å². The highest BCUT2D eigenvalue weighted by molar-refractivity contribution is 7.99. The zero-order chi connectivity index (χ0) is 10.6. The molecule has 0 bridgehead atoms. The van der Waals surface area contributed by atoms with Crippen LogP contribution in [-0.4, -0.2) is 29.3 Å². The van der Waals surface area contributed by atoms with Gasteiger partial charge in [-0.3, -0.25) is 0 Å². The molecule has 1 N–H and O–H groups in total. The maximum atomic E-state index is 4.43. The van der Waals surface area contributed by atoms with Crippen molar-refractivity contribution in [3.8, 4) is 0 Å². The van der Waals surface area contributed by atoms with Gasteiger partial charge in [0.15, 0.2) is 5.16 Å². The van der Waals surface area contributed by atoms with Crippen LogP contribution in [0.15, 0.2) is 5.16 Å². The molecule has 0 atom stereocenters. The first-order valence-electron chi connectivity index (χ1n) is 4.74. The molecule has 0 aliphatic heterocycles. The summed E-state index contributed by atoms with van der Waals surface area (Å²) in [7, 11) is 1.95. The molecule has 1 rings (SSSR count). The summed E-state index contributed by atoms with van der Waals surface area (Å²) in [5.41, 5.74) is 3.37. The third-order valence-corrected chi connectivity index (χ3v) is 3.04. The molecule has 4 heteroatoms. The largest absolute Gasteiger partial charge is 0.319 e. The van der Waals surface area contributed by atoms with Crippen LogP contribution in [0.3, 0.4) is 0 Å². The Morgan fingerprint density at radius 2 is 1.71 bits per heavy atom. The van der Waals surface area contributed by atoms with Gasteiger partial charge in [0.1, 0.15) is 0 Å². The van der Waals surface area contributed by atoms with E-state index in [1.165, 1.54) is 5.56 Å². The molecule has 14 heavy (non-hydrogen) atoms. The highest BCUT2D eigenvalue weighted by atomic mass is 32.2. The minimum Gasteiger partial charge on any atom is -0.319 e. The lowest BCUT2D eigenvalue weighted by Crippen LogP contribution is -2.10. The van der Waals surface area contributed by atoms with Gasteiger partial charge in [0.25, 0.3) is 0 Å². The van der Waals surface area contributed by atoms with Gasteiger partial charge in [-0.05, 0) is 33.4 Å². The molecular formula is C10H17N3S. The van der Waals surface area contributed by atoms with Crippen molar-refractivity contribution in [1.82, 2.24) is 15.3 Å². The number of hydrogen-bond donors (Lipinski definition) is 1. The number of nitrogens with one attached hydrogen (secondary N) is 1. The summed E-state index contributed by atoms with van der Waals surface area (Å²) < 4.78 is 0.